The second kappa shape index (κ2) is 22.2. The van der Waals surface area contributed by atoms with Crippen molar-refractivity contribution in [1.82, 2.24) is 0 Å². The molecule has 7 aromatic rings. The van der Waals surface area contributed by atoms with Gasteiger partial charge in [-0.05, 0) is 66.2 Å². The minimum absolute atomic E-state index is 0. The summed E-state index contributed by atoms with van der Waals surface area (Å²) in [6.07, 6.45) is 20.4. The standard InChI is InChI=1S/C59H52O2Si2.2ClH.Zr/c1-7-26-49(27-8-1)62(50-28-9-2-10-29-50,51-30-11-3-12-31-51)60-45-23-44-59(57-42-40-47-24-19-21-38-55(47)57,58-43-41-48-25-20-22-39-56(48)58)46-61-63(52-32-13-4-14-33-52,53-34-15-5-16-35-53)54-36-17-6-18-37-54;;;/h1-22,24-43,55,58H,23,44-46H2;2*1H;/q;;;+2/p-2. The molecule has 0 N–H and O–H groups in total. The third kappa shape index (κ3) is 9.20. The summed E-state index contributed by atoms with van der Waals surface area (Å²) < 4.78 is 15.8. The number of fused-ring (bicyclic) bond motifs is 2. The van der Waals surface area contributed by atoms with E-state index in [0.29, 0.717) is 13.2 Å². The van der Waals surface area contributed by atoms with Gasteiger partial charge < -0.3 is 33.7 Å². The third-order valence-electron chi connectivity index (χ3n) is 13.5. The van der Waals surface area contributed by atoms with Crippen LogP contribution in [0.3, 0.4) is 0 Å². The fourth-order valence-electron chi connectivity index (χ4n) is 10.6. The Bertz CT molecular complexity index is 2610. The van der Waals surface area contributed by atoms with Crippen molar-refractivity contribution < 1.29 is 59.9 Å². The predicted octanol–water partition coefficient (Wildman–Crippen LogP) is 3.55. The van der Waals surface area contributed by atoms with Crippen LogP contribution in [0.2, 0.25) is 0 Å². The Morgan fingerprint density at radius 1 is 0.439 bits per heavy atom. The van der Waals surface area contributed by atoms with Gasteiger partial charge in [-0.3, -0.25) is 0 Å². The number of hydrogen-bond donors (Lipinski definition) is 0. The summed E-state index contributed by atoms with van der Waals surface area (Å²) >= 11 is 0. The van der Waals surface area contributed by atoms with Gasteiger partial charge in [-0.15, -0.1) is 0 Å². The number of allylic oxidation sites excluding steroid dienone is 8. The van der Waals surface area contributed by atoms with Crippen LogP contribution in [-0.2, 0) is 35.1 Å². The van der Waals surface area contributed by atoms with Crippen molar-refractivity contribution in [2.75, 3.05) is 13.2 Å². The van der Waals surface area contributed by atoms with Crippen molar-refractivity contribution in [1.29, 1.82) is 0 Å². The minimum atomic E-state index is -3.11. The van der Waals surface area contributed by atoms with E-state index in [1.165, 1.54) is 53.4 Å². The van der Waals surface area contributed by atoms with E-state index in [1.807, 2.05) is 0 Å². The second-order valence-corrected chi connectivity index (χ2v) is 23.7. The quantitative estimate of drug-likeness (QED) is 0.0840. The van der Waals surface area contributed by atoms with Crippen LogP contribution in [0, 0.1) is 11.3 Å². The van der Waals surface area contributed by atoms with E-state index in [-0.39, 0.29) is 62.9 Å². The van der Waals surface area contributed by atoms with Crippen LogP contribution in [0.5, 0.6) is 0 Å². The zero-order valence-corrected chi connectivity index (χ0v) is 42.8. The molecule has 66 heavy (non-hydrogen) atoms. The number of halogens is 2. The van der Waals surface area contributed by atoms with Gasteiger partial charge in [0.25, 0.3) is 16.6 Å². The van der Waals surface area contributed by atoms with Crippen molar-refractivity contribution >= 4 is 53.8 Å². The Kier molecular flexibility index (Phi) is 16.5. The molecule has 0 fully saturated rings. The average molecular weight is 1010 g/mol. The summed E-state index contributed by atoms with van der Waals surface area (Å²) in [7, 11) is -6.04. The van der Waals surface area contributed by atoms with Crippen LogP contribution in [-0.4, -0.2) is 29.8 Å². The summed E-state index contributed by atoms with van der Waals surface area (Å²) in [4.78, 5) is 0. The molecule has 0 aliphatic heterocycles. The average Bonchev–Trinajstić information content (AvgIpc) is 4.02. The second-order valence-electron chi connectivity index (χ2n) is 16.9. The Balaban J connectivity index is 0.00000216. The molecular weight excluding hydrogens is 959 g/mol. The summed E-state index contributed by atoms with van der Waals surface area (Å²) in [6, 6.07) is 75.0. The smallest absolute Gasteiger partial charge is 1.00 e. The van der Waals surface area contributed by atoms with E-state index >= 15 is 0 Å². The molecule has 10 rings (SSSR count). The molecule has 3 unspecified atom stereocenters. The van der Waals surface area contributed by atoms with Gasteiger partial charge in [0.1, 0.15) is 0 Å². The molecular formula is C59H52Cl2O2Si2Zr. The van der Waals surface area contributed by atoms with Gasteiger partial charge in [0.05, 0.1) is 0 Å². The zero-order valence-electron chi connectivity index (χ0n) is 36.8. The first-order valence-corrected chi connectivity index (χ1v) is 26.2. The van der Waals surface area contributed by atoms with E-state index in [0.717, 1.165) is 12.8 Å². The molecule has 0 amide bonds. The fourth-order valence-corrected chi connectivity index (χ4v) is 18.5. The summed E-state index contributed by atoms with van der Waals surface area (Å²) in [6.45, 7) is 1.12. The van der Waals surface area contributed by atoms with Gasteiger partial charge in [-0.25, -0.2) is 0 Å². The molecule has 0 saturated carbocycles. The topological polar surface area (TPSA) is 18.5 Å². The van der Waals surface area contributed by atoms with Crippen molar-refractivity contribution in [3.63, 3.8) is 0 Å². The predicted molar refractivity (Wildman–Crippen MR) is 268 cm³/mol. The van der Waals surface area contributed by atoms with Gasteiger partial charge >= 0.3 is 26.2 Å². The first-order chi connectivity index (χ1) is 31.2. The largest absolute Gasteiger partial charge is 2.00 e. The first-order valence-electron chi connectivity index (χ1n) is 22.4. The zero-order chi connectivity index (χ0) is 42.4. The van der Waals surface area contributed by atoms with Crippen LogP contribution in [0.4, 0.5) is 0 Å². The molecule has 3 atom stereocenters. The Labute approximate surface area is 424 Å². The van der Waals surface area contributed by atoms with E-state index in [4.69, 9.17) is 8.85 Å². The van der Waals surface area contributed by atoms with Crippen molar-refractivity contribution in [3.05, 3.63) is 271 Å². The maximum atomic E-state index is 8.15. The van der Waals surface area contributed by atoms with Gasteiger partial charge in [0.15, 0.2) is 0 Å². The molecule has 0 aromatic heterocycles. The fraction of sp³-hybridized carbons (Fsp3) is 0.119. The van der Waals surface area contributed by atoms with Crippen molar-refractivity contribution in [2.24, 2.45) is 11.3 Å². The Hall–Kier alpha value is -4.94. The normalized spacial score (nSPS) is 16.6. The summed E-state index contributed by atoms with van der Waals surface area (Å²) in [5.74, 6) is 0.244. The van der Waals surface area contributed by atoms with Crippen LogP contribution in [0.1, 0.15) is 29.9 Å². The van der Waals surface area contributed by atoms with Gasteiger partial charge in [0, 0.05) is 30.5 Å². The van der Waals surface area contributed by atoms with Crippen LogP contribution >= 0.6 is 0 Å². The van der Waals surface area contributed by atoms with E-state index in [9.17, 15) is 0 Å². The Morgan fingerprint density at radius 2 is 0.864 bits per heavy atom. The molecule has 0 radical (unpaired) electrons. The van der Waals surface area contributed by atoms with Gasteiger partial charge in [0.2, 0.25) is 0 Å². The SMILES string of the molecule is C1=CC2=CC=C(C(CCCO[Si](c3ccccc3)(c3ccccc3)c3ccccc3)(CO[Si](c3ccccc3)(c3ccccc3)c3ccccc3)C3C=Cc4ccccc43)C2C=C1.[Cl-].[Cl-].[Zr+2]. The number of hydrogen-bond acceptors (Lipinski definition) is 2. The van der Waals surface area contributed by atoms with Crippen LogP contribution < -0.4 is 55.9 Å². The van der Waals surface area contributed by atoms with E-state index in [2.05, 4.69) is 255 Å². The van der Waals surface area contributed by atoms with Crippen LogP contribution in [0.15, 0.2) is 260 Å². The molecule has 0 saturated heterocycles. The molecule has 2 nitrogen and oxygen atoms in total. The van der Waals surface area contributed by atoms with Crippen molar-refractivity contribution in [2.45, 2.75) is 18.8 Å². The molecule has 7 aromatic carbocycles. The molecule has 0 bridgehead atoms. The molecule has 0 spiro atoms. The van der Waals surface area contributed by atoms with Gasteiger partial charge in [-0.2, -0.15) is 0 Å². The third-order valence-corrected chi connectivity index (χ3v) is 21.6. The summed E-state index contributed by atoms with van der Waals surface area (Å²) in [5, 5.41) is 7.48. The molecule has 3 aliphatic carbocycles. The molecule has 3 aliphatic rings. The Morgan fingerprint density at radius 3 is 1.33 bits per heavy atom. The monoisotopic (exact) mass is 1010 g/mol. The maximum Gasteiger partial charge on any atom is 2.00 e. The van der Waals surface area contributed by atoms with E-state index < -0.39 is 22.0 Å². The molecule has 326 valence electrons. The minimum Gasteiger partial charge on any atom is -1.00 e. The number of benzene rings is 7. The van der Waals surface area contributed by atoms with Crippen LogP contribution in [0.25, 0.3) is 6.08 Å². The van der Waals surface area contributed by atoms with Crippen molar-refractivity contribution in [3.8, 4) is 0 Å². The first kappa shape index (κ1) is 49.0. The summed E-state index contributed by atoms with van der Waals surface area (Å²) in [5.41, 5.74) is 4.97. The molecule has 0 heterocycles. The van der Waals surface area contributed by atoms with E-state index in [1.54, 1.807) is 0 Å². The van der Waals surface area contributed by atoms with Gasteiger partial charge in [-0.1, -0.05) is 255 Å². The molecule has 7 heteroatoms. The maximum absolute atomic E-state index is 8.15. The number of rotatable bonds is 16.